The van der Waals surface area contributed by atoms with Gasteiger partial charge in [-0.05, 0) is 53.8 Å². The molecule has 1 aliphatic carbocycles. The summed E-state index contributed by atoms with van der Waals surface area (Å²) in [6.07, 6.45) is 2.13. The number of aliphatic hydroxyl groups excluding tert-OH is 1. The first kappa shape index (κ1) is 17.4. The highest BCUT2D eigenvalue weighted by Gasteiger charge is 2.54. The molecule has 0 amide bonds. The van der Waals surface area contributed by atoms with E-state index in [1.165, 1.54) is 0 Å². The molecule has 0 unspecified atom stereocenters. The lowest BCUT2D eigenvalue weighted by Crippen LogP contribution is -2.49. The molecule has 1 spiro atoms. The van der Waals surface area contributed by atoms with Crippen molar-refractivity contribution in [1.82, 2.24) is 5.32 Å². The standard InChI is InChI=1S/C22H23NO5/c1-4-14-19-13(5-6-16(25-2)20(19)26-3)21(24)22(14)15-10-18-17(27-11-28-18)9-12(15)7-8-23-22/h4-6,9-10,21,23-24H,7-8,11H2,1-3H3/b14-4-/t21-,22+/m1/s1. The van der Waals surface area contributed by atoms with Gasteiger partial charge in [-0.15, -0.1) is 0 Å². The van der Waals surface area contributed by atoms with Crippen molar-refractivity contribution in [1.29, 1.82) is 0 Å². The Labute approximate surface area is 163 Å². The molecule has 5 rings (SSSR count). The van der Waals surface area contributed by atoms with Gasteiger partial charge in [0, 0.05) is 12.1 Å². The first-order valence-electron chi connectivity index (χ1n) is 9.43. The lowest BCUT2D eigenvalue weighted by atomic mass is 9.75. The van der Waals surface area contributed by atoms with E-state index in [-0.39, 0.29) is 6.79 Å². The molecule has 2 atom stereocenters. The predicted molar refractivity (Wildman–Crippen MR) is 104 cm³/mol. The van der Waals surface area contributed by atoms with Crippen LogP contribution in [0, 0.1) is 0 Å². The second-order valence-corrected chi connectivity index (χ2v) is 7.22. The number of rotatable bonds is 2. The normalized spacial score (nSPS) is 25.7. The molecule has 2 N–H and O–H groups in total. The summed E-state index contributed by atoms with van der Waals surface area (Å²) in [4.78, 5) is 0. The van der Waals surface area contributed by atoms with Crippen LogP contribution in [0.4, 0.5) is 0 Å². The molecule has 2 heterocycles. The van der Waals surface area contributed by atoms with Crippen LogP contribution in [0.25, 0.3) is 5.57 Å². The minimum Gasteiger partial charge on any atom is -0.493 e. The minimum absolute atomic E-state index is 0.225. The van der Waals surface area contributed by atoms with Gasteiger partial charge in [0.1, 0.15) is 11.6 Å². The number of ether oxygens (including phenoxy) is 4. The summed E-state index contributed by atoms with van der Waals surface area (Å²) in [5.41, 5.74) is 4.08. The SMILES string of the molecule is C/C=C1/c2c(ccc(OC)c2OC)[C@@H](O)[C@]12NCCc1cc3c(cc12)OCO3. The molecule has 0 bridgehead atoms. The zero-order chi connectivity index (χ0) is 19.5. The third kappa shape index (κ3) is 2.04. The maximum Gasteiger partial charge on any atom is 0.231 e. The molecule has 0 saturated carbocycles. The number of hydrogen-bond acceptors (Lipinski definition) is 6. The van der Waals surface area contributed by atoms with E-state index in [9.17, 15) is 5.11 Å². The van der Waals surface area contributed by atoms with Gasteiger partial charge in [0.2, 0.25) is 6.79 Å². The van der Waals surface area contributed by atoms with Gasteiger partial charge >= 0.3 is 0 Å². The maximum atomic E-state index is 11.6. The summed E-state index contributed by atoms with van der Waals surface area (Å²) in [5.74, 6) is 2.76. The van der Waals surface area contributed by atoms with Crippen molar-refractivity contribution in [3.8, 4) is 23.0 Å². The molecule has 0 fully saturated rings. The molecule has 6 heteroatoms. The number of nitrogens with one attached hydrogen (secondary N) is 1. The van der Waals surface area contributed by atoms with Crippen LogP contribution in [0.1, 0.15) is 35.3 Å². The van der Waals surface area contributed by atoms with Crippen molar-refractivity contribution >= 4 is 5.57 Å². The molecular formula is C22H23NO5. The molecule has 0 aromatic heterocycles. The second-order valence-electron chi connectivity index (χ2n) is 7.22. The van der Waals surface area contributed by atoms with Crippen LogP contribution in [0.2, 0.25) is 0 Å². The quantitative estimate of drug-likeness (QED) is 0.834. The molecule has 28 heavy (non-hydrogen) atoms. The number of aliphatic hydroxyl groups is 1. The van der Waals surface area contributed by atoms with Crippen LogP contribution in [-0.2, 0) is 12.0 Å². The summed E-state index contributed by atoms with van der Waals surface area (Å²) >= 11 is 0. The lowest BCUT2D eigenvalue weighted by molar-refractivity contribution is 0.0961. The molecule has 6 nitrogen and oxygen atoms in total. The van der Waals surface area contributed by atoms with Crippen LogP contribution in [0.5, 0.6) is 23.0 Å². The van der Waals surface area contributed by atoms with Crippen molar-refractivity contribution in [3.05, 3.63) is 52.6 Å². The van der Waals surface area contributed by atoms with Gasteiger partial charge in [0.05, 0.1) is 14.2 Å². The van der Waals surface area contributed by atoms with Crippen molar-refractivity contribution in [3.63, 3.8) is 0 Å². The molecule has 146 valence electrons. The first-order valence-corrected chi connectivity index (χ1v) is 9.43. The summed E-state index contributed by atoms with van der Waals surface area (Å²) in [7, 11) is 3.25. The van der Waals surface area contributed by atoms with Crippen molar-refractivity contribution < 1.29 is 24.1 Å². The highest BCUT2D eigenvalue weighted by atomic mass is 16.7. The van der Waals surface area contributed by atoms with E-state index in [4.69, 9.17) is 18.9 Å². The Bertz CT molecular complexity index is 999. The molecular weight excluding hydrogens is 358 g/mol. The van der Waals surface area contributed by atoms with E-state index < -0.39 is 11.6 Å². The van der Waals surface area contributed by atoms with Gasteiger partial charge in [-0.2, -0.15) is 0 Å². The van der Waals surface area contributed by atoms with E-state index in [0.717, 1.165) is 46.5 Å². The number of allylic oxidation sites excluding steroid dienone is 1. The largest absolute Gasteiger partial charge is 0.493 e. The van der Waals surface area contributed by atoms with Gasteiger partial charge in [-0.3, -0.25) is 0 Å². The Morgan fingerprint density at radius 1 is 1.18 bits per heavy atom. The fraction of sp³-hybridized carbons (Fsp3) is 0.364. The number of fused-ring (bicyclic) bond motifs is 4. The monoisotopic (exact) mass is 381 g/mol. The fourth-order valence-electron chi connectivity index (χ4n) is 4.93. The van der Waals surface area contributed by atoms with E-state index in [0.29, 0.717) is 17.2 Å². The topological polar surface area (TPSA) is 69.2 Å². The number of methoxy groups -OCH3 is 2. The van der Waals surface area contributed by atoms with Crippen LogP contribution in [0.3, 0.4) is 0 Å². The highest BCUT2D eigenvalue weighted by Crippen LogP contribution is 2.59. The lowest BCUT2D eigenvalue weighted by Gasteiger charge is -2.41. The van der Waals surface area contributed by atoms with Gasteiger partial charge in [-0.25, -0.2) is 0 Å². The van der Waals surface area contributed by atoms with Gasteiger partial charge in [0.25, 0.3) is 0 Å². The minimum atomic E-state index is -0.773. The fourth-order valence-corrected chi connectivity index (χ4v) is 4.93. The van der Waals surface area contributed by atoms with Crippen molar-refractivity contribution in [2.75, 3.05) is 27.6 Å². The zero-order valence-electron chi connectivity index (χ0n) is 16.2. The molecule has 0 saturated heterocycles. The Hall–Kier alpha value is -2.70. The Kier molecular flexibility index (Phi) is 3.82. The Balaban J connectivity index is 1.78. The summed E-state index contributed by atoms with van der Waals surface area (Å²) in [5, 5.41) is 15.2. The first-order chi connectivity index (χ1) is 13.7. The van der Waals surface area contributed by atoms with E-state index in [2.05, 4.69) is 5.32 Å². The summed E-state index contributed by atoms with van der Waals surface area (Å²) in [6.45, 7) is 2.96. The van der Waals surface area contributed by atoms with E-state index in [1.807, 2.05) is 37.3 Å². The van der Waals surface area contributed by atoms with E-state index >= 15 is 0 Å². The van der Waals surface area contributed by atoms with Crippen LogP contribution in [0.15, 0.2) is 30.3 Å². The van der Waals surface area contributed by atoms with Crippen LogP contribution < -0.4 is 24.3 Å². The zero-order valence-corrected chi connectivity index (χ0v) is 16.2. The maximum absolute atomic E-state index is 11.6. The molecule has 2 aliphatic heterocycles. The van der Waals surface area contributed by atoms with Gasteiger partial charge < -0.3 is 29.4 Å². The number of benzene rings is 2. The third-order valence-corrected chi connectivity index (χ3v) is 6.09. The second kappa shape index (κ2) is 6.15. The summed E-state index contributed by atoms with van der Waals surface area (Å²) in [6, 6.07) is 7.81. The van der Waals surface area contributed by atoms with Crippen molar-refractivity contribution in [2.45, 2.75) is 25.0 Å². The van der Waals surface area contributed by atoms with Gasteiger partial charge in [-0.1, -0.05) is 12.1 Å². The van der Waals surface area contributed by atoms with Crippen LogP contribution in [-0.4, -0.2) is 32.7 Å². The average molecular weight is 381 g/mol. The third-order valence-electron chi connectivity index (χ3n) is 6.09. The Morgan fingerprint density at radius 3 is 2.68 bits per heavy atom. The molecule has 0 radical (unpaired) electrons. The number of hydrogen-bond donors (Lipinski definition) is 2. The van der Waals surface area contributed by atoms with Gasteiger partial charge in [0.15, 0.2) is 23.0 Å². The van der Waals surface area contributed by atoms with E-state index in [1.54, 1.807) is 14.2 Å². The Morgan fingerprint density at radius 2 is 1.96 bits per heavy atom. The van der Waals surface area contributed by atoms with Crippen molar-refractivity contribution in [2.24, 2.45) is 0 Å². The molecule has 2 aromatic rings. The van der Waals surface area contributed by atoms with Crippen LogP contribution >= 0.6 is 0 Å². The highest BCUT2D eigenvalue weighted by molar-refractivity contribution is 5.88. The average Bonchev–Trinajstić information content (AvgIpc) is 3.27. The summed E-state index contributed by atoms with van der Waals surface area (Å²) < 4.78 is 22.4. The smallest absolute Gasteiger partial charge is 0.231 e. The molecule has 3 aliphatic rings. The molecule has 2 aromatic carbocycles. The predicted octanol–water partition coefficient (Wildman–Crippen LogP) is 2.92.